The number of ether oxygens (including phenoxy) is 1. The summed E-state index contributed by atoms with van der Waals surface area (Å²) in [5.41, 5.74) is 1.30. The van der Waals surface area contributed by atoms with Crippen molar-refractivity contribution in [1.29, 1.82) is 0 Å². The number of ketones is 1. The maximum atomic E-state index is 13.0. The molecule has 0 saturated heterocycles. The fraction of sp³-hybridized carbons (Fsp3) is 0.143. The van der Waals surface area contributed by atoms with Gasteiger partial charge in [0.05, 0.1) is 11.5 Å². The zero-order chi connectivity index (χ0) is 17.2. The van der Waals surface area contributed by atoms with Crippen molar-refractivity contribution >= 4 is 11.8 Å². The van der Waals surface area contributed by atoms with E-state index in [1.807, 2.05) is 36.4 Å². The second kappa shape index (κ2) is 4.70. The Morgan fingerprint density at radius 1 is 0.920 bits per heavy atom. The van der Waals surface area contributed by atoms with E-state index in [2.05, 4.69) is 0 Å². The van der Waals surface area contributed by atoms with E-state index in [0.717, 1.165) is 5.56 Å². The van der Waals surface area contributed by atoms with Crippen molar-refractivity contribution in [3.8, 4) is 5.75 Å². The van der Waals surface area contributed by atoms with Gasteiger partial charge in [0.25, 0.3) is 0 Å². The Hall–Kier alpha value is -3.14. The summed E-state index contributed by atoms with van der Waals surface area (Å²) in [5, 5.41) is 9.89. The van der Waals surface area contributed by atoms with Gasteiger partial charge in [0.1, 0.15) is 5.75 Å². The summed E-state index contributed by atoms with van der Waals surface area (Å²) < 4.78 is 5.99. The van der Waals surface area contributed by atoms with Crippen LogP contribution < -0.4 is 0 Å². The van der Waals surface area contributed by atoms with Crippen LogP contribution in [0.4, 0.5) is 0 Å². The predicted molar refractivity (Wildman–Crippen MR) is 90.3 cm³/mol. The first-order chi connectivity index (χ1) is 12.1. The van der Waals surface area contributed by atoms with Crippen LogP contribution >= 0.6 is 0 Å². The summed E-state index contributed by atoms with van der Waals surface area (Å²) in [5.74, 6) is -1.17. The Bertz CT molecular complexity index is 1000. The summed E-state index contributed by atoms with van der Waals surface area (Å²) >= 11 is 0. The monoisotopic (exact) mass is 330 g/mol. The molecule has 1 aliphatic heterocycles. The van der Waals surface area contributed by atoms with Gasteiger partial charge in [-0.2, -0.15) is 0 Å². The van der Waals surface area contributed by atoms with Gasteiger partial charge in [-0.25, -0.2) is 4.79 Å². The number of carbonyl (C=O) groups is 2. The molecule has 122 valence electrons. The second-order valence-electron chi connectivity index (χ2n) is 6.59. The van der Waals surface area contributed by atoms with Gasteiger partial charge in [0, 0.05) is 22.6 Å². The Kier molecular flexibility index (Phi) is 2.67. The van der Waals surface area contributed by atoms with Crippen LogP contribution in [0.25, 0.3) is 0 Å². The number of carbonyl (C=O) groups excluding carboxylic acids is 2. The lowest BCUT2D eigenvalue weighted by atomic mass is 9.62. The molecule has 0 radical (unpaired) electrons. The molecule has 1 N–H and O–H groups in total. The summed E-state index contributed by atoms with van der Waals surface area (Å²) in [6.45, 7) is 0. The van der Waals surface area contributed by atoms with Gasteiger partial charge in [-0.05, 0) is 18.2 Å². The molecule has 1 spiro atoms. The summed E-state index contributed by atoms with van der Waals surface area (Å²) in [7, 11) is 0. The lowest BCUT2D eigenvalue weighted by Gasteiger charge is -2.44. The normalized spacial score (nSPS) is 28.5. The average molecular weight is 330 g/mol. The molecule has 25 heavy (non-hydrogen) atoms. The Morgan fingerprint density at radius 2 is 1.68 bits per heavy atom. The molecule has 3 atom stereocenters. The Morgan fingerprint density at radius 3 is 2.56 bits per heavy atom. The van der Waals surface area contributed by atoms with Crippen LogP contribution in [0.1, 0.15) is 31.8 Å². The molecular formula is C21H14O4. The quantitative estimate of drug-likeness (QED) is 0.752. The zero-order valence-electron chi connectivity index (χ0n) is 13.2. The fourth-order valence-electron chi connectivity index (χ4n) is 4.35. The van der Waals surface area contributed by atoms with Crippen LogP contribution in [0.3, 0.4) is 0 Å². The molecule has 2 aromatic rings. The fourth-order valence-corrected chi connectivity index (χ4v) is 4.35. The first-order valence-electron chi connectivity index (χ1n) is 8.18. The number of aromatic hydroxyl groups is 1. The number of rotatable bonds is 0. The lowest BCUT2D eigenvalue weighted by Crippen LogP contribution is -2.47. The standard InChI is InChI=1S/C21H14O4/c22-12-9-10-18-15(11-12)19(23)13-5-1-3-7-16(13)21(18)17-8-4-2-6-14(17)20(24)25-21/h1-11,13,16,22H. The molecule has 3 aliphatic rings. The third-order valence-electron chi connectivity index (χ3n) is 5.38. The molecule has 0 bridgehead atoms. The summed E-state index contributed by atoms with van der Waals surface area (Å²) in [6.07, 6.45) is 7.50. The van der Waals surface area contributed by atoms with Crippen molar-refractivity contribution in [2.45, 2.75) is 5.60 Å². The van der Waals surface area contributed by atoms with Gasteiger partial charge >= 0.3 is 5.97 Å². The first kappa shape index (κ1) is 14.2. The number of esters is 1. The number of phenols is 1. The summed E-state index contributed by atoms with van der Waals surface area (Å²) in [6, 6.07) is 12.0. The van der Waals surface area contributed by atoms with Crippen molar-refractivity contribution in [2.24, 2.45) is 11.8 Å². The van der Waals surface area contributed by atoms with E-state index in [-0.39, 0.29) is 23.4 Å². The number of hydrogen-bond donors (Lipinski definition) is 1. The van der Waals surface area contributed by atoms with Gasteiger partial charge < -0.3 is 9.84 Å². The number of hydrogen-bond acceptors (Lipinski definition) is 4. The third-order valence-corrected chi connectivity index (χ3v) is 5.38. The first-order valence-corrected chi connectivity index (χ1v) is 8.18. The molecule has 2 aliphatic carbocycles. The minimum atomic E-state index is -1.05. The lowest BCUT2D eigenvalue weighted by molar-refractivity contribution is -0.0188. The van der Waals surface area contributed by atoms with Gasteiger partial charge in [-0.3, -0.25) is 4.79 Å². The van der Waals surface area contributed by atoms with E-state index in [4.69, 9.17) is 4.74 Å². The topological polar surface area (TPSA) is 63.6 Å². The molecular weight excluding hydrogens is 316 g/mol. The minimum absolute atomic E-state index is 0.0219. The minimum Gasteiger partial charge on any atom is -0.508 e. The van der Waals surface area contributed by atoms with Crippen molar-refractivity contribution < 1.29 is 19.4 Å². The smallest absolute Gasteiger partial charge is 0.339 e. The Labute approximate surface area is 144 Å². The van der Waals surface area contributed by atoms with Crippen LogP contribution in [0, 0.1) is 11.8 Å². The van der Waals surface area contributed by atoms with Gasteiger partial charge in [-0.15, -0.1) is 0 Å². The molecule has 0 amide bonds. The van der Waals surface area contributed by atoms with Crippen molar-refractivity contribution in [3.05, 3.63) is 89.0 Å². The molecule has 4 heteroatoms. The highest BCUT2D eigenvalue weighted by molar-refractivity contribution is 6.05. The molecule has 1 heterocycles. The van der Waals surface area contributed by atoms with E-state index in [0.29, 0.717) is 16.7 Å². The number of phenolic OH excluding ortho intramolecular Hbond substituents is 1. The van der Waals surface area contributed by atoms with Gasteiger partial charge in [0.2, 0.25) is 0 Å². The molecule has 5 rings (SSSR count). The highest BCUT2D eigenvalue weighted by Crippen LogP contribution is 2.55. The molecule has 0 aromatic heterocycles. The largest absolute Gasteiger partial charge is 0.508 e. The molecule has 4 nitrogen and oxygen atoms in total. The van der Waals surface area contributed by atoms with E-state index in [9.17, 15) is 14.7 Å². The van der Waals surface area contributed by atoms with Crippen LogP contribution in [0.5, 0.6) is 5.75 Å². The molecule has 0 fully saturated rings. The van der Waals surface area contributed by atoms with E-state index < -0.39 is 11.5 Å². The molecule has 2 aromatic carbocycles. The van der Waals surface area contributed by atoms with Gasteiger partial charge in [0.15, 0.2) is 11.4 Å². The second-order valence-corrected chi connectivity index (χ2v) is 6.59. The molecule has 0 saturated carbocycles. The average Bonchev–Trinajstić information content (AvgIpc) is 2.94. The highest BCUT2D eigenvalue weighted by Gasteiger charge is 2.58. The van der Waals surface area contributed by atoms with Crippen molar-refractivity contribution in [1.82, 2.24) is 0 Å². The van der Waals surface area contributed by atoms with Crippen molar-refractivity contribution in [3.63, 3.8) is 0 Å². The third kappa shape index (κ3) is 1.66. The Balaban J connectivity index is 1.89. The van der Waals surface area contributed by atoms with Gasteiger partial charge in [-0.1, -0.05) is 48.6 Å². The van der Waals surface area contributed by atoms with Crippen LogP contribution in [-0.2, 0) is 10.3 Å². The number of benzene rings is 2. The zero-order valence-corrected chi connectivity index (χ0v) is 13.2. The number of allylic oxidation sites excluding steroid dienone is 3. The van der Waals surface area contributed by atoms with Crippen molar-refractivity contribution in [2.75, 3.05) is 0 Å². The maximum absolute atomic E-state index is 13.0. The van der Waals surface area contributed by atoms with Crippen LogP contribution in [-0.4, -0.2) is 16.9 Å². The van der Waals surface area contributed by atoms with E-state index >= 15 is 0 Å². The van der Waals surface area contributed by atoms with Crippen LogP contribution in [0.2, 0.25) is 0 Å². The SMILES string of the molecule is O=C1OC2(c3ccccc31)c1ccc(O)cc1C(=O)C1C=CC=CC12. The highest BCUT2D eigenvalue weighted by atomic mass is 16.6. The summed E-state index contributed by atoms with van der Waals surface area (Å²) in [4.78, 5) is 25.6. The van der Waals surface area contributed by atoms with E-state index in [1.165, 1.54) is 12.1 Å². The van der Waals surface area contributed by atoms with E-state index in [1.54, 1.807) is 18.2 Å². The van der Waals surface area contributed by atoms with Crippen LogP contribution in [0.15, 0.2) is 66.8 Å². The number of fused-ring (bicyclic) bond motifs is 6. The number of Topliss-reactive ketones (excluding diaryl/α,β-unsaturated/α-hetero) is 1. The maximum Gasteiger partial charge on any atom is 0.339 e. The predicted octanol–water partition coefficient (Wildman–Crippen LogP) is 3.36. The molecule has 3 unspecified atom stereocenters.